The van der Waals surface area contributed by atoms with Crippen LogP contribution in [0, 0.1) is 0 Å². The van der Waals surface area contributed by atoms with Crippen molar-refractivity contribution in [3.63, 3.8) is 0 Å². The topological polar surface area (TPSA) is 72.3 Å². The molecule has 0 aliphatic heterocycles. The molecular formula is C11H7BrN2O3. The highest BCUT2D eigenvalue weighted by Crippen LogP contribution is 2.28. The first-order chi connectivity index (χ1) is 8.16. The molecule has 1 aromatic carbocycles. The van der Waals surface area contributed by atoms with Crippen molar-refractivity contribution in [3.05, 3.63) is 47.0 Å². The summed E-state index contributed by atoms with van der Waals surface area (Å²) in [5.74, 6) is -0.442. The van der Waals surface area contributed by atoms with E-state index in [2.05, 4.69) is 25.9 Å². The smallest absolute Gasteiger partial charge is 0.373 e. The normalized spacial score (nSPS) is 9.94. The van der Waals surface area contributed by atoms with Gasteiger partial charge in [0.15, 0.2) is 5.75 Å². The maximum Gasteiger partial charge on any atom is 0.373 e. The Labute approximate surface area is 105 Å². The Morgan fingerprint density at radius 3 is 2.47 bits per heavy atom. The van der Waals surface area contributed by atoms with E-state index in [0.29, 0.717) is 11.5 Å². The van der Waals surface area contributed by atoms with Gasteiger partial charge in [-0.25, -0.2) is 14.8 Å². The summed E-state index contributed by atoms with van der Waals surface area (Å²) in [5.41, 5.74) is 0. The third-order valence-electron chi connectivity index (χ3n) is 1.88. The molecular weight excluding hydrogens is 288 g/mol. The summed E-state index contributed by atoms with van der Waals surface area (Å²) in [6, 6.07) is 7.30. The molecule has 5 nitrogen and oxygen atoms in total. The van der Waals surface area contributed by atoms with Crippen molar-refractivity contribution in [2.45, 2.75) is 0 Å². The van der Waals surface area contributed by atoms with Crippen LogP contribution in [-0.4, -0.2) is 21.0 Å². The summed E-state index contributed by atoms with van der Waals surface area (Å²) in [4.78, 5) is 17.9. The van der Waals surface area contributed by atoms with E-state index in [1.165, 1.54) is 12.4 Å². The lowest BCUT2D eigenvalue weighted by Gasteiger charge is -2.06. The van der Waals surface area contributed by atoms with Crippen molar-refractivity contribution in [2.75, 3.05) is 0 Å². The van der Waals surface area contributed by atoms with Crippen LogP contribution in [0.5, 0.6) is 11.5 Å². The second-order valence-corrected chi connectivity index (χ2v) is 3.93. The third kappa shape index (κ3) is 2.79. The minimum atomic E-state index is -1.17. The zero-order valence-electron chi connectivity index (χ0n) is 8.50. The highest BCUT2D eigenvalue weighted by Gasteiger charge is 2.07. The fraction of sp³-hybridized carbons (Fsp3) is 0. The van der Waals surface area contributed by atoms with Gasteiger partial charge in [0.1, 0.15) is 5.75 Å². The SMILES string of the molecule is O=C(O)c1ncc(Oc2ccccc2Br)cn1. The number of aromatic nitrogens is 2. The molecule has 1 aromatic heterocycles. The van der Waals surface area contributed by atoms with Crippen LogP contribution in [0.3, 0.4) is 0 Å². The molecule has 17 heavy (non-hydrogen) atoms. The zero-order chi connectivity index (χ0) is 12.3. The molecule has 86 valence electrons. The second-order valence-electron chi connectivity index (χ2n) is 3.08. The molecule has 0 atom stereocenters. The molecule has 1 N–H and O–H groups in total. The number of hydrogen-bond donors (Lipinski definition) is 1. The number of hydrogen-bond acceptors (Lipinski definition) is 4. The largest absolute Gasteiger partial charge is 0.475 e. The lowest BCUT2D eigenvalue weighted by atomic mass is 10.3. The maximum atomic E-state index is 10.6. The molecule has 0 fully saturated rings. The van der Waals surface area contributed by atoms with Crippen LogP contribution in [0.15, 0.2) is 41.1 Å². The average Bonchev–Trinajstić information content (AvgIpc) is 2.33. The Morgan fingerprint density at radius 1 is 1.24 bits per heavy atom. The standard InChI is InChI=1S/C11H7BrN2O3/c12-8-3-1-2-4-9(8)17-7-5-13-10(11(15)16)14-6-7/h1-6H,(H,15,16). The summed E-state index contributed by atoms with van der Waals surface area (Å²) in [6.45, 7) is 0. The van der Waals surface area contributed by atoms with Crippen LogP contribution in [-0.2, 0) is 0 Å². The molecule has 0 bridgehead atoms. The predicted molar refractivity (Wildman–Crippen MR) is 63.2 cm³/mol. The number of ether oxygens (including phenoxy) is 1. The third-order valence-corrected chi connectivity index (χ3v) is 2.54. The van der Waals surface area contributed by atoms with E-state index in [4.69, 9.17) is 9.84 Å². The van der Waals surface area contributed by atoms with Crippen LogP contribution < -0.4 is 4.74 Å². The van der Waals surface area contributed by atoms with Crippen LogP contribution in [0.2, 0.25) is 0 Å². The van der Waals surface area contributed by atoms with Gasteiger partial charge in [-0.2, -0.15) is 0 Å². The minimum Gasteiger partial charge on any atom is -0.475 e. The monoisotopic (exact) mass is 294 g/mol. The van der Waals surface area contributed by atoms with Crippen LogP contribution >= 0.6 is 15.9 Å². The molecule has 0 spiro atoms. The lowest BCUT2D eigenvalue weighted by Crippen LogP contribution is -2.03. The first-order valence-electron chi connectivity index (χ1n) is 4.64. The average molecular weight is 295 g/mol. The number of aromatic carboxylic acids is 1. The molecule has 0 saturated heterocycles. The second kappa shape index (κ2) is 4.92. The molecule has 1 heterocycles. The number of benzene rings is 1. The summed E-state index contributed by atoms with van der Waals surface area (Å²) in [6.07, 6.45) is 2.63. The van der Waals surface area contributed by atoms with Crippen molar-refractivity contribution in [1.29, 1.82) is 0 Å². The number of nitrogens with zero attached hydrogens (tertiary/aromatic N) is 2. The van der Waals surface area contributed by atoms with Gasteiger partial charge in [0.05, 0.1) is 16.9 Å². The van der Waals surface area contributed by atoms with Gasteiger partial charge in [0, 0.05) is 0 Å². The zero-order valence-corrected chi connectivity index (χ0v) is 10.1. The fourth-order valence-corrected chi connectivity index (χ4v) is 1.50. The first-order valence-corrected chi connectivity index (χ1v) is 5.44. The van der Waals surface area contributed by atoms with Crippen LogP contribution in [0.1, 0.15) is 10.6 Å². The van der Waals surface area contributed by atoms with Crippen LogP contribution in [0.4, 0.5) is 0 Å². The first kappa shape index (κ1) is 11.5. The Kier molecular flexibility index (Phi) is 3.34. The molecule has 0 unspecified atom stereocenters. The molecule has 6 heteroatoms. The number of halogens is 1. The number of rotatable bonds is 3. The van der Waals surface area contributed by atoms with Crippen LogP contribution in [0.25, 0.3) is 0 Å². The van der Waals surface area contributed by atoms with Crippen molar-refractivity contribution in [3.8, 4) is 11.5 Å². The molecule has 0 aliphatic rings. The van der Waals surface area contributed by atoms with E-state index in [-0.39, 0.29) is 5.82 Å². The number of para-hydroxylation sites is 1. The fourth-order valence-electron chi connectivity index (χ4n) is 1.13. The number of carboxylic acids is 1. The predicted octanol–water partition coefficient (Wildman–Crippen LogP) is 2.73. The van der Waals surface area contributed by atoms with Gasteiger partial charge >= 0.3 is 5.97 Å². The molecule has 2 rings (SSSR count). The van der Waals surface area contributed by atoms with E-state index in [1.807, 2.05) is 18.2 Å². The number of carbonyl (C=O) groups is 1. The Bertz CT molecular complexity index is 543. The Hall–Kier alpha value is -1.95. The number of carboxylic acid groups (broad SMARTS) is 1. The maximum absolute atomic E-state index is 10.6. The summed E-state index contributed by atoms with van der Waals surface area (Å²) in [7, 11) is 0. The lowest BCUT2D eigenvalue weighted by molar-refractivity contribution is 0.0683. The Balaban J connectivity index is 2.20. The summed E-state index contributed by atoms with van der Waals surface area (Å²) in [5, 5.41) is 8.64. The van der Waals surface area contributed by atoms with E-state index in [9.17, 15) is 4.79 Å². The molecule has 2 aromatic rings. The Morgan fingerprint density at radius 2 is 1.88 bits per heavy atom. The van der Waals surface area contributed by atoms with Gasteiger partial charge in [0.25, 0.3) is 0 Å². The molecule has 0 amide bonds. The highest BCUT2D eigenvalue weighted by molar-refractivity contribution is 9.10. The quantitative estimate of drug-likeness (QED) is 0.942. The van der Waals surface area contributed by atoms with Gasteiger partial charge in [0.2, 0.25) is 5.82 Å². The van der Waals surface area contributed by atoms with Crippen molar-refractivity contribution >= 4 is 21.9 Å². The highest BCUT2D eigenvalue weighted by atomic mass is 79.9. The van der Waals surface area contributed by atoms with Gasteiger partial charge in [-0.3, -0.25) is 0 Å². The van der Waals surface area contributed by atoms with Crippen molar-refractivity contribution < 1.29 is 14.6 Å². The van der Waals surface area contributed by atoms with Gasteiger partial charge < -0.3 is 9.84 Å². The summed E-state index contributed by atoms with van der Waals surface area (Å²) >= 11 is 3.33. The molecule has 0 saturated carbocycles. The van der Waals surface area contributed by atoms with E-state index in [1.54, 1.807) is 6.07 Å². The van der Waals surface area contributed by atoms with Gasteiger partial charge in [-0.1, -0.05) is 12.1 Å². The van der Waals surface area contributed by atoms with Gasteiger partial charge in [-0.15, -0.1) is 0 Å². The van der Waals surface area contributed by atoms with Crippen molar-refractivity contribution in [2.24, 2.45) is 0 Å². The van der Waals surface area contributed by atoms with Gasteiger partial charge in [-0.05, 0) is 28.1 Å². The molecule has 0 aliphatic carbocycles. The van der Waals surface area contributed by atoms with Crippen molar-refractivity contribution in [1.82, 2.24) is 9.97 Å². The van der Waals surface area contributed by atoms with E-state index < -0.39 is 5.97 Å². The molecule has 0 radical (unpaired) electrons. The minimum absolute atomic E-state index is 0.260. The van der Waals surface area contributed by atoms with E-state index in [0.717, 1.165) is 4.47 Å². The summed E-state index contributed by atoms with van der Waals surface area (Å²) < 4.78 is 6.27. The van der Waals surface area contributed by atoms with E-state index >= 15 is 0 Å².